The van der Waals surface area contributed by atoms with Crippen LogP contribution in [0.15, 0.2) is 35.2 Å². The molecule has 128 valence electrons. The van der Waals surface area contributed by atoms with E-state index in [0.717, 1.165) is 17.0 Å². The van der Waals surface area contributed by atoms with E-state index in [2.05, 4.69) is 9.88 Å². The molecule has 0 unspecified atom stereocenters. The lowest BCUT2D eigenvalue weighted by Crippen LogP contribution is -2.23. The molecule has 3 N–H and O–H groups in total. The molecule has 1 aromatic carbocycles. The van der Waals surface area contributed by atoms with Gasteiger partial charge in [-0.1, -0.05) is 12.1 Å². The minimum atomic E-state index is -3.69. The molecule has 1 aromatic heterocycles. The number of amides is 1. The van der Waals surface area contributed by atoms with Crippen LogP contribution < -0.4 is 10.5 Å². The van der Waals surface area contributed by atoms with Crippen molar-refractivity contribution in [2.45, 2.75) is 44.2 Å². The van der Waals surface area contributed by atoms with Crippen LogP contribution in [0, 0.1) is 13.8 Å². The first-order chi connectivity index (χ1) is 11.3. The lowest BCUT2D eigenvalue weighted by molar-refractivity contribution is 0.0950. The quantitative estimate of drug-likeness (QED) is 0.866. The molecule has 2 aromatic rings. The van der Waals surface area contributed by atoms with Crippen LogP contribution in [-0.2, 0) is 16.6 Å². The van der Waals surface area contributed by atoms with Gasteiger partial charge in [0.25, 0.3) is 5.91 Å². The minimum Gasteiger partial charge on any atom is -0.348 e. The zero-order valence-corrected chi connectivity index (χ0v) is 14.6. The summed E-state index contributed by atoms with van der Waals surface area (Å²) in [5, 5.41) is 7.95. The van der Waals surface area contributed by atoms with Crippen LogP contribution in [0.4, 0.5) is 0 Å². The van der Waals surface area contributed by atoms with Crippen LogP contribution >= 0.6 is 0 Å². The molecule has 0 spiro atoms. The second-order valence-electron chi connectivity index (χ2n) is 6.26. The Kier molecular flexibility index (Phi) is 4.23. The van der Waals surface area contributed by atoms with Crippen molar-refractivity contribution in [2.75, 3.05) is 0 Å². The van der Waals surface area contributed by atoms with Gasteiger partial charge in [0.15, 0.2) is 0 Å². The molecule has 0 radical (unpaired) electrons. The highest BCUT2D eigenvalue weighted by Gasteiger charge is 2.28. The highest BCUT2D eigenvalue weighted by molar-refractivity contribution is 7.89. The number of aryl methyl sites for hydroxylation is 1. The van der Waals surface area contributed by atoms with Gasteiger partial charge in [0, 0.05) is 24.0 Å². The summed E-state index contributed by atoms with van der Waals surface area (Å²) >= 11 is 0. The molecule has 24 heavy (non-hydrogen) atoms. The largest absolute Gasteiger partial charge is 0.348 e. The third-order valence-corrected chi connectivity index (χ3v) is 5.28. The Bertz CT molecular complexity index is 879. The van der Waals surface area contributed by atoms with Gasteiger partial charge in [0.05, 0.1) is 10.5 Å². The van der Waals surface area contributed by atoms with E-state index in [9.17, 15) is 13.2 Å². The van der Waals surface area contributed by atoms with Gasteiger partial charge in [0.2, 0.25) is 10.0 Å². The second kappa shape index (κ2) is 6.07. The summed E-state index contributed by atoms with van der Waals surface area (Å²) < 4.78 is 24.7. The molecule has 6 nitrogen and oxygen atoms in total. The summed E-state index contributed by atoms with van der Waals surface area (Å²) in [5.41, 5.74) is 3.61. The molecule has 1 amide bonds. The molecule has 0 aliphatic heterocycles. The monoisotopic (exact) mass is 347 g/mol. The molecular weight excluding hydrogens is 326 g/mol. The Balaban J connectivity index is 1.69. The standard InChI is InChI=1S/C17H21N3O3S/c1-11-9-16(12(2)20(11)14-5-6-14)17(21)19-10-13-3-7-15(8-4-13)24(18,22)23/h3-4,7-9,14H,5-6,10H2,1-2H3,(H,19,21)(H2,18,22,23). The molecular formula is C17H21N3O3S. The number of nitrogens with one attached hydrogen (secondary N) is 1. The Morgan fingerprint density at radius 1 is 1.25 bits per heavy atom. The van der Waals surface area contributed by atoms with Crippen molar-refractivity contribution in [3.05, 3.63) is 52.8 Å². The summed E-state index contributed by atoms with van der Waals surface area (Å²) in [6.45, 7) is 4.33. The van der Waals surface area contributed by atoms with E-state index in [4.69, 9.17) is 5.14 Å². The zero-order valence-electron chi connectivity index (χ0n) is 13.7. The number of hydrogen-bond donors (Lipinski definition) is 2. The van der Waals surface area contributed by atoms with Crippen LogP contribution in [0.1, 0.15) is 46.2 Å². The first kappa shape index (κ1) is 16.7. The van der Waals surface area contributed by atoms with Crippen LogP contribution in [0.3, 0.4) is 0 Å². The topological polar surface area (TPSA) is 94.2 Å². The first-order valence-electron chi connectivity index (χ1n) is 7.86. The molecule has 1 heterocycles. The summed E-state index contributed by atoms with van der Waals surface area (Å²) in [4.78, 5) is 12.5. The number of nitrogens with zero attached hydrogens (tertiary/aromatic N) is 1. The molecule has 7 heteroatoms. The van der Waals surface area contributed by atoms with Crippen molar-refractivity contribution in [1.82, 2.24) is 9.88 Å². The molecule has 1 fully saturated rings. The van der Waals surface area contributed by atoms with E-state index in [-0.39, 0.29) is 10.8 Å². The molecule has 0 saturated heterocycles. The third kappa shape index (κ3) is 3.37. The Labute approximate surface area is 141 Å². The molecule has 0 atom stereocenters. The average molecular weight is 347 g/mol. The van der Waals surface area contributed by atoms with Gasteiger partial charge >= 0.3 is 0 Å². The fourth-order valence-electron chi connectivity index (χ4n) is 2.98. The van der Waals surface area contributed by atoms with Crippen molar-refractivity contribution in [1.29, 1.82) is 0 Å². The Hall–Kier alpha value is -2.12. The first-order valence-corrected chi connectivity index (χ1v) is 9.40. The smallest absolute Gasteiger partial charge is 0.253 e. The zero-order chi connectivity index (χ0) is 17.5. The second-order valence-corrected chi connectivity index (χ2v) is 7.82. The predicted octanol–water partition coefficient (Wildman–Crippen LogP) is 2.02. The molecule has 1 aliphatic rings. The van der Waals surface area contributed by atoms with Crippen molar-refractivity contribution in [3.8, 4) is 0 Å². The van der Waals surface area contributed by atoms with E-state index in [1.165, 1.54) is 25.0 Å². The fraction of sp³-hybridized carbons (Fsp3) is 0.353. The summed E-state index contributed by atoms with van der Waals surface area (Å²) in [6.07, 6.45) is 2.35. The molecule has 0 bridgehead atoms. The normalized spacial score (nSPS) is 14.6. The van der Waals surface area contributed by atoms with Crippen molar-refractivity contribution in [2.24, 2.45) is 5.14 Å². The average Bonchev–Trinajstić information content (AvgIpc) is 3.30. The van der Waals surface area contributed by atoms with Gasteiger partial charge < -0.3 is 9.88 Å². The molecule has 1 aliphatic carbocycles. The van der Waals surface area contributed by atoms with Gasteiger partial charge in [-0.05, 0) is 50.5 Å². The van der Waals surface area contributed by atoms with E-state index in [1.54, 1.807) is 12.1 Å². The Morgan fingerprint density at radius 2 is 1.88 bits per heavy atom. The SMILES string of the molecule is Cc1cc(C(=O)NCc2ccc(S(N)(=O)=O)cc2)c(C)n1C1CC1. The number of nitrogens with two attached hydrogens (primary N) is 1. The highest BCUT2D eigenvalue weighted by atomic mass is 32.2. The number of rotatable bonds is 5. The van der Waals surface area contributed by atoms with Gasteiger partial charge in [-0.2, -0.15) is 0 Å². The highest BCUT2D eigenvalue weighted by Crippen LogP contribution is 2.38. The van der Waals surface area contributed by atoms with E-state index in [0.29, 0.717) is 18.2 Å². The van der Waals surface area contributed by atoms with Gasteiger partial charge in [0.1, 0.15) is 0 Å². The summed E-state index contributed by atoms with van der Waals surface area (Å²) in [6, 6.07) is 8.64. The third-order valence-electron chi connectivity index (χ3n) is 4.35. The fourth-order valence-corrected chi connectivity index (χ4v) is 3.49. The number of primary sulfonamides is 1. The lowest BCUT2D eigenvalue weighted by atomic mass is 10.2. The van der Waals surface area contributed by atoms with Crippen molar-refractivity contribution < 1.29 is 13.2 Å². The van der Waals surface area contributed by atoms with E-state index in [1.807, 2.05) is 19.9 Å². The van der Waals surface area contributed by atoms with Crippen molar-refractivity contribution in [3.63, 3.8) is 0 Å². The lowest BCUT2D eigenvalue weighted by Gasteiger charge is -2.08. The molecule has 3 rings (SSSR count). The maximum absolute atomic E-state index is 12.4. The maximum Gasteiger partial charge on any atom is 0.253 e. The predicted molar refractivity (Wildman–Crippen MR) is 91.2 cm³/mol. The number of hydrogen-bond acceptors (Lipinski definition) is 3. The number of aromatic nitrogens is 1. The number of benzene rings is 1. The van der Waals surface area contributed by atoms with Gasteiger partial charge in [-0.25, -0.2) is 13.6 Å². The van der Waals surface area contributed by atoms with E-state index < -0.39 is 10.0 Å². The van der Waals surface area contributed by atoms with Crippen LogP contribution in [0.5, 0.6) is 0 Å². The van der Waals surface area contributed by atoms with Crippen LogP contribution in [0.2, 0.25) is 0 Å². The van der Waals surface area contributed by atoms with E-state index >= 15 is 0 Å². The van der Waals surface area contributed by atoms with Crippen molar-refractivity contribution >= 4 is 15.9 Å². The molecule has 1 saturated carbocycles. The number of carbonyl (C=O) groups excluding carboxylic acids is 1. The van der Waals surface area contributed by atoms with Crippen LogP contribution in [0.25, 0.3) is 0 Å². The summed E-state index contributed by atoms with van der Waals surface area (Å²) in [7, 11) is -3.69. The van der Waals surface area contributed by atoms with Gasteiger partial charge in [-0.3, -0.25) is 4.79 Å². The maximum atomic E-state index is 12.4. The van der Waals surface area contributed by atoms with Crippen LogP contribution in [-0.4, -0.2) is 18.9 Å². The number of carbonyl (C=O) groups is 1. The van der Waals surface area contributed by atoms with Gasteiger partial charge in [-0.15, -0.1) is 0 Å². The number of sulfonamides is 1. The Morgan fingerprint density at radius 3 is 2.42 bits per heavy atom. The minimum absolute atomic E-state index is 0.0607. The summed E-state index contributed by atoms with van der Waals surface area (Å²) in [5.74, 6) is -0.120.